The van der Waals surface area contributed by atoms with Crippen molar-refractivity contribution < 1.29 is 14.6 Å². The van der Waals surface area contributed by atoms with Gasteiger partial charge in [-0.1, -0.05) is 12.8 Å². The third-order valence-corrected chi connectivity index (χ3v) is 3.99. The van der Waals surface area contributed by atoms with Crippen molar-refractivity contribution in [2.45, 2.75) is 31.7 Å². The normalized spacial score (nSPS) is 15.8. The van der Waals surface area contributed by atoms with Gasteiger partial charge in [-0.3, -0.25) is 9.69 Å². The first kappa shape index (κ1) is 15.0. The van der Waals surface area contributed by atoms with Crippen LogP contribution in [-0.2, 0) is 0 Å². The summed E-state index contributed by atoms with van der Waals surface area (Å²) >= 11 is 0. The third kappa shape index (κ3) is 3.81. The van der Waals surface area contributed by atoms with Crippen LogP contribution >= 0.6 is 0 Å². The lowest BCUT2D eigenvalue weighted by molar-refractivity contribution is 0.0862. The molecule has 20 heavy (non-hydrogen) atoms. The van der Waals surface area contributed by atoms with Crippen LogP contribution in [0.5, 0.6) is 5.75 Å². The van der Waals surface area contributed by atoms with Crippen molar-refractivity contribution in [1.82, 2.24) is 4.90 Å². The Bertz CT molecular complexity index is 424. The second-order valence-corrected chi connectivity index (χ2v) is 5.28. The minimum atomic E-state index is 0.104. The fourth-order valence-corrected chi connectivity index (χ4v) is 2.84. The van der Waals surface area contributed by atoms with Crippen LogP contribution in [0.25, 0.3) is 0 Å². The highest BCUT2D eigenvalue weighted by Gasteiger charge is 2.24. The predicted molar refractivity (Wildman–Crippen MR) is 78.2 cm³/mol. The fraction of sp³-hybridized carbons (Fsp3) is 0.562. The molecule has 0 bridgehead atoms. The third-order valence-electron chi connectivity index (χ3n) is 3.99. The summed E-state index contributed by atoms with van der Waals surface area (Å²) in [6.07, 6.45) is 4.72. The van der Waals surface area contributed by atoms with Gasteiger partial charge < -0.3 is 9.84 Å². The average molecular weight is 277 g/mol. The van der Waals surface area contributed by atoms with Crippen LogP contribution in [0.1, 0.15) is 36.0 Å². The molecule has 1 saturated carbocycles. The van der Waals surface area contributed by atoms with Gasteiger partial charge in [0.2, 0.25) is 0 Å². The van der Waals surface area contributed by atoms with E-state index in [4.69, 9.17) is 4.74 Å². The zero-order chi connectivity index (χ0) is 14.4. The summed E-state index contributed by atoms with van der Waals surface area (Å²) in [5, 5.41) is 9.18. The number of benzene rings is 1. The van der Waals surface area contributed by atoms with Gasteiger partial charge in [-0.05, 0) is 37.1 Å². The molecule has 1 aliphatic rings. The Morgan fingerprint density at radius 2 is 1.95 bits per heavy atom. The minimum absolute atomic E-state index is 0.104. The van der Waals surface area contributed by atoms with Crippen molar-refractivity contribution in [3.63, 3.8) is 0 Å². The number of ether oxygens (including phenoxy) is 1. The number of aliphatic hydroxyl groups is 1. The van der Waals surface area contributed by atoms with Crippen molar-refractivity contribution in [1.29, 1.82) is 0 Å². The second kappa shape index (κ2) is 7.41. The van der Waals surface area contributed by atoms with Crippen LogP contribution in [0, 0.1) is 0 Å². The van der Waals surface area contributed by atoms with Gasteiger partial charge >= 0.3 is 0 Å². The van der Waals surface area contributed by atoms with E-state index in [0.717, 1.165) is 18.6 Å². The summed E-state index contributed by atoms with van der Waals surface area (Å²) in [6, 6.07) is 7.66. The molecule has 0 radical (unpaired) electrons. The molecular weight excluding hydrogens is 254 g/mol. The lowest BCUT2D eigenvalue weighted by Gasteiger charge is -2.27. The summed E-state index contributed by atoms with van der Waals surface area (Å²) in [7, 11) is 1.61. The van der Waals surface area contributed by atoms with E-state index in [2.05, 4.69) is 4.90 Å². The van der Waals surface area contributed by atoms with E-state index < -0.39 is 0 Å². The van der Waals surface area contributed by atoms with Gasteiger partial charge in [0.1, 0.15) is 5.75 Å². The summed E-state index contributed by atoms with van der Waals surface area (Å²) in [4.78, 5) is 14.4. The zero-order valence-electron chi connectivity index (χ0n) is 12.0. The number of Topliss-reactive ketones (excluding diaryl/α,β-unsaturated/α-hetero) is 1. The van der Waals surface area contributed by atoms with E-state index in [-0.39, 0.29) is 12.4 Å². The molecule has 2 rings (SSSR count). The van der Waals surface area contributed by atoms with Gasteiger partial charge in [-0.2, -0.15) is 0 Å². The molecule has 0 saturated heterocycles. The van der Waals surface area contributed by atoms with Crippen molar-refractivity contribution in [2.75, 3.05) is 26.8 Å². The molecule has 1 N–H and O–H groups in total. The molecule has 110 valence electrons. The van der Waals surface area contributed by atoms with Crippen molar-refractivity contribution >= 4 is 5.78 Å². The Kier molecular flexibility index (Phi) is 5.56. The molecule has 1 aromatic carbocycles. The van der Waals surface area contributed by atoms with Crippen molar-refractivity contribution in [3.8, 4) is 5.75 Å². The average Bonchev–Trinajstić information content (AvgIpc) is 3.01. The van der Waals surface area contributed by atoms with E-state index in [9.17, 15) is 9.90 Å². The molecule has 0 heterocycles. The lowest BCUT2D eigenvalue weighted by atomic mass is 10.1. The maximum Gasteiger partial charge on any atom is 0.176 e. The Morgan fingerprint density at radius 3 is 2.50 bits per heavy atom. The second-order valence-electron chi connectivity index (χ2n) is 5.28. The van der Waals surface area contributed by atoms with Crippen LogP contribution < -0.4 is 4.74 Å². The Labute approximate surface area is 120 Å². The van der Waals surface area contributed by atoms with Gasteiger partial charge in [0.15, 0.2) is 5.78 Å². The lowest BCUT2D eigenvalue weighted by Crippen LogP contribution is -2.39. The summed E-state index contributed by atoms with van der Waals surface area (Å²) < 4.78 is 5.10. The summed E-state index contributed by atoms with van der Waals surface area (Å²) in [5.41, 5.74) is 0.701. The number of nitrogens with zero attached hydrogens (tertiary/aromatic N) is 1. The molecule has 4 heteroatoms. The van der Waals surface area contributed by atoms with Crippen molar-refractivity contribution in [2.24, 2.45) is 0 Å². The number of carbonyl (C=O) groups excluding carboxylic acids is 1. The molecular formula is C16H23NO3. The standard InChI is InChI=1S/C16H23NO3/c1-20-15-8-6-13(7-9-15)16(19)12-17(10-11-18)14-4-2-3-5-14/h6-9,14,18H,2-5,10-12H2,1H3. The predicted octanol–water partition coefficient (Wildman–Crippen LogP) is 2.11. The minimum Gasteiger partial charge on any atom is -0.497 e. The maximum absolute atomic E-state index is 12.3. The number of aliphatic hydroxyl groups excluding tert-OH is 1. The van der Waals surface area contributed by atoms with E-state index in [0.29, 0.717) is 24.7 Å². The molecule has 1 fully saturated rings. The molecule has 0 atom stereocenters. The summed E-state index contributed by atoms with van der Waals surface area (Å²) in [6.45, 7) is 1.07. The first-order valence-corrected chi connectivity index (χ1v) is 7.26. The van der Waals surface area contributed by atoms with Crippen molar-refractivity contribution in [3.05, 3.63) is 29.8 Å². The monoisotopic (exact) mass is 277 g/mol. The SMILES string of the molecule is COc1ccc(C(=O)CN(CCO)C2CCCC2)cc1. The van der Waals surface area contributed by atoms with Crippen LogP contribution in [0.15, 0.2) is 24.3 Å². The van der Waals surface area contributed by atoms with Crippen LogP contribution in [-0.4, -0.2) is 48.6 Å². The highest BCUT2D eigenvalue weighted by molar-refractivity contribution is 5.97. The zero-order valence-corrected chi connectivity index (χ0v) is 12.0. The molecule has 4 nitrogen and oxygen atoms in total. The number of methoxy groups -OCH3 is 1. The smallest absolute Gasteiger partial charge is 0.176 e. The molecule has 1 aromatic rings. The topological polar surface area (TPSA) is 49.8 Å². The van der Waals surface area contributed by atoms with Gasteiger partial charge in [0, 0.05) is 18.2 Å². The molecule has 1 aliphatic carbocycles. The highest BCUT2D eigenvalue weighted by atomic mass is 16.5. The van der Waals surface area contributed by atoms with Crippen LogP contribution in [0.2, 0.25) is 0 Å². The number of ketones is 1. The van der Waals surface area contributed by atoms with Crippen LogP contribution in [0.3, 0.4) is 0 Å². The van der Waals surface area contributed by atoms with E-state index in [1.165, 1.54) is 12.8 Å². The van der Waals surface area contributed by atoms with E-state index in [1.54, 1.807) is 31.4 Å². The van der Waals surface area contributed by atoms with Gasteiger partial charge in [0.25, 0.3) is 0 Å². The number of rotatable bonds is 7. The molecule has 0 amide bonds. The van der Waals surface area contributed by atoms with E-state index in [1.807, 2.05) is 0 Å². The first-order valence-electron chi connectivity index (χ1n) is 7.26. The van der Waals surface area contributed by atoms with Gasteiger partial charge in [-0.25, -0.2) is 0 Å². The van der Waals surface area contributed by atoms with Crippen LogP contribution in [0.4, 0.5) is 0 Å². The highest BCUT2D eigenvalue weighted by Crippen LogP contribution is 2.23. The molecule has 0 aromatic heterocycles. The number of carbonyl (C=O) groups is 1. The van der Waals surface area contributed by atoms with Gasteiger partial charge in [-0.15, -0.1) is 0 Å². The fourth-order valence-electron chi connectivity index (χ4n) is 2.84. The largest absolute Gasteiger partial charge is 0.497 e. The Morgan fingerprint density at radius 1 is 1.30 bits per heavy atom. The molecule has 0 spiro atoms. The number of hydrogen-bond acceptors (Lipinski definition) is 4. The number of hydrogen-bond donors (Lipinski definition) is 1. The quantitative estimate of drug-likeness (QED) is 0.776. The first-order chi connectivity index (χ1) is 9.74. The molecule has 0 aliphatic heterocycles. The summed E-state index contributed by atoms with van der Waals surface area (Å²) in [5.74, 6) is 0.859. The molecule has 0 unspecified atom stereocenters. The maximum atomic E-state index is 12.3. The Hall–Kier alpha value is -1.39. The Balaban J connectivity index is 1.99. The van der Waals surface area contributed by atoms with E-state index >= 15 is 0 Å². The van der Waals surface area contributed by atoms with Gasteiger partial charge in [0.05, 0.1) is 20.3 Å².